The molecule has 1 atom stereocenters. The zero-order valence-electron chi connectivity index (χ0n) is 14.8. The lowest BCUT2D eigenvalue weighted by atomic mass is 10.0. The Labute approximate surface area is 149 Å². The van der Waals surface area contributed by atoms with Gasteiger partial charge in [0.15, 0.2) is 0 Å². The fraction of sp³-hybridized carbons (Fsp3) is 0.286. The van der Waals surface area contributed by atoms with Gasteiger partial charge in [-0.25, -0.2) is 0 Å². The molecule has 130 valence electrons. The first-order valence-electron chi connectivity index (χ1n) is 8.64. The molecule has 2 aromatic rings. The molecule has 1 unspecified atom stereocenters. The van der Waals surface area contributed by atoms with Gasteiger partial charge in [-0.15, -0.1) is 0 Å². The Bertz CT molecular complexity index is 785. The van der Waals surface area contributed by atoms with Gasteiger partial charge in [-0.3, -0.25) is 4.79 Å². The maximum atomic E-state index is 12.9. The summed E-state index contributed by atoms with van der Waals surface area (Å²) in [7, 11) is 0. The van der Waals surface area contributed by atoms with E-state index in [0.717, 1.165) is 34.6 Å². The third kappa shape index (κ3) is 3.68. The molecule has 25 heavy (non-hydrogen) atoms. The summed E-state index contributed by atoms with van der Waals surface area (Å²) in [6.45, 7) is 9.06. The Morgan fingerprint density at radius 2 is 2.04 bits per heavy atom. The Kier molecular flexibility index (Phi) is 5.08. The van der Waals surface area contributed by atoms with Crippen molar-refractivity contribution in [2.24, 2.45) is 0 Å². The third-order valence-electron chi connectivity index (χ3n) is 4.15. The van der Waals surface area contributed by atoms with E-state index in [4.69, 9.17) is 4.74 Å². The van der Waals surface area contributed by atoms with Gasteiger partial charge in [0, 0.05) is 12.2 Å². The van der Waals surface area contributed by atoms with Gasteiger partial charge in [0.1, 0.15) is 18.5 Å². The highest BCUT2D eigenvalue weighted by Gasteiger charge is 2.32. The monoisotopic (exact) mass is 336 g/mol. The summed E-state index contributed by atoms with van der Waals surface area (Å²) >= 11 is 0. The van der Waals surface area contributed by atoms with Crippen molar-refractivity contribution in [2.75, 3.05) is 18.5 Å². The number of amides is 1. The second kappa shape index (κ2) is 7.43. The average Bonchev–Trinajstić information content (AvgIpc) is 2.62. The molecule has 4 heteroatoms. The molecule has 0 bridgehead atoms. The van der Waals surface area contributed by atoms with E-state index >= 15 is 0 Å². The van der Waals surface area contributed by atoms with Crippen LogP contribution in [0.3, 0.4) is 0 Å². The minimum absolute atomic E-state index is 0.0643. The lowest BCUT2D eigenvalue weighted by molar-refractivity contribution is 0.0683. The predicted molar refractivity (Wildman–Crippen MR) is 101 cm³/mol. The molecule has 4 nitrogen and oxygen atoms in total. The van der Waals surface area contributed by atoms with Crippen LogP contribution in [0, 0.1) is 0 Å². The Morgan fingerprint density at radius 3 is 2.80 bits per heavy atom. The molecular formula is C21H24N2O2. The Balaban J connectivity index is 1.93. The van der Waals surface area contributed by atoms with Crippen molar-refractivity contribution in [1.29, 1.82) is 0 Å². The molecule has 0 saturated carbocycles. The quantitative estimate of drug-likeness (QED) is 0.783. The molecule has 0 fully saturated rings. The normalized spacial score (nSPS) is 16.2. The van der Waals surface area contributed by atoms with Crippen molar-refractivity contribution in [3.05, 3.63) is 71.8 Å². The Hall–Kier alpha value is -2.75. The first-order valence-corrected chi connectivity index (χ1v) is 8.64. The van der Waals surface area contributed by atoms with Gasteiger partial charge < -0.3 is 15.0 Å². The maximum Gasteiger partial charge on any atom is 0.257 e. The van der Waals surface area contributed by atoms with Gasteiger partial charge in [-0.2, -0.15) is 0 Å². The summed E-state index contributed by atoms with van der Waals surface area (Å²) < 4.78 is 5.76. The standard InChI is InChI=1S/C21H24N2O2/c1-4-12-23-20(22-19-11-6-5-10-18(19)21(23)24)16-8-7-9-17(13-16)25-14-15(2)3/h5-11,13,20,22H,2,4,12,14H2,1,3H3. The number of benzene rings is 2. The van der Waals surface area contributed by atoms with Crippen molar-refractivity contribution in [3.8, 4) is 5.75 Å². The van der Waals surface area contributed by atoms with Crippen molar-refractivity contribution < 1.29 is 9.53 Å². The van der Waals surface area contributed by atoms with E-state index in [0.29, 0.717) is 13.2 Å². The highest BCUT2D eigenvalue weighted by Crippen LogP contribution is 2.34. The van der Waals surface area contributed by atoms with Crippen molar-refractivity contribution in [3.63, 3.8) is 0 Å². The molecule has 1 N–H and O–H groups in total. The summed E-state index contributed by atoms with van der Waals surface area (Å²) in [6, 6.07) is 15.6. The summed E-state index contributed by atoms with van der Waals surface area (Å²) in [4.78, 5) is 14.8. The SMILES string of the molecule is C=C(C)COc1cccc(C2Nc3ccccc3C(=O)N2CCC)c1. The topological polar surface area (TPSA) is 41.6 Å². The van der Waals surface area contributed by atoms with Crippen LogP contribution in [0.25, 0.3) is 0 Å². The van der Waals surface area contributed by atoms with Crippen LogP contribution in [0.4, 0.5) is 5.69 Å². The van der Waals surface area contributed by atoms with E-state index in [2.05, 4.69) is 18.8 Å². The van der Waals surface area contributed by atoms with Crippen LogP contribution in [0.1, 0.15) is 42.4 Å². The van der Waals surface area contributed by atoms with E-state index in [1.807, 2.05) is 60.4 Å². The lowest BCUT2D eigenvalue weighted by Gasteiger charge is -2.38. The number of nitrogens with one attached hydrogen (secondary N) is 1. The average molecular weight is 336 g/mol. The summed E-state index contributed by atoms with van der Waals surface area (Å²) in [6.07, 6.45) is 0.702. The minimum atomic E-state index is -0.198. The number of para-hydroxylation sites is 1. The Morgan fingerprint density at radius 1 is 1.24 bits per heavy atom. The van der Waals surface area contributed by atoms with Crippen molar-refractivity contribution >= 4 is 11.6 Å². The van der Waals surface area contributed by atoms with Crippen LogP contribution in [-0.2, 0) is 0 Å². The number of carbonyl (C=O) groups excluding carboxylic acids is 1. The number of rotatable bonds is 6. The number of hydrogen-bond donors (Lipinski definition) is 1. The van der Waals surface area contributed by atoms with E-state index in [1.54, 1.807) is 0 Å². The molecule has 0 aliphatic carbocycles. The van der Waals surface area contributed by atoms with Crippen LogP contribution in [0.5, 0.6) is 5.75 Å². The highest BCUT2D eigenvalue weighted by molar-refractivity contribution is 6.01. The minimum Gasteiger partial charge on any atom is -0.489 e. The molecule has 0 aromatic heterocycles. The molecule has 3 rings (SSSR count). The van der Waals surface area contributed by atoms with Gasteiger partial charge >= 0.3 is 0 Å². The van der Waals surface area contributed by atoms with Crippen LogP contribution in [0.2, 0.25) is 0 Å². The first kappa shape index (κ1) is 17.1. The number of ether oxygens (including phenoxy) is 1. The van der Waals surface area contributed by atoms with Gasteiger partial charge in [0.25, 0.3) is 5.91 Å². The molecule has 0 saturated heterocycles. The van der Waals surface area contributed by atoms with Crippen molar-refractivity contribution in [2.45, 2.75) is 26.4 Å². The molecule has 1 aliphatic heterocycles. The van der Waals surface area contributed by atoms with Gasteiger partial charge in [-0.05, 0) is 48.7 Å². The van der Waals surface area contributed by atoms with E-state index in [1.165, 1.54) is 0 Å². The molecule has 2 aromatic carbocycles. The zero-order valence-corrected chi connectivity index (χ0v) is 14.8. The smallest absolute Gasteiger partial charge is 0.257 e. The molecular weight excluding hydrogens is 312 g/mol. The van der Waals surface area contributed by atoms with Gasteiger partial charge in [-0.1, -0.05) is 37.8 Å². The molecule has 1 amide bonds. The molecule has 0 spiro atoms. The number of hydrogen-bond acceptors (Lipinski definition) is 3. The van der Waals surface area contributed by atoms with E-state index in [-0.39, 0.29) is 12.1 Å². The first-order chi connectivity index (χ1) is 12.1. The number of nitrogens with zero attached hydrogens (tertiary/aromatic N) is 1. The van der Waals surface area contributed by atoms with E-state index in [9.17, 15) is 4.79 Å². The van der Waals surface area contributed by atoms with Crippen LogP contribution >= 0.6 is 0 Å². The molecule has 0 radical (unpaired) electrons. The van der Waals surface area contributed by atoms with Crippen molar-refractivity contribution in [1.82, 2.24) is 4.90 Å². The highest BCUT2D eigenvalue weighted by atomic mass is 16.5. The number of fused-ring (bicyclic) bond motifs is 1. The molecule has 1 aliphatic rings. The second-order valence-electron chi connectivity index (χ2n) is 6.41. The largest absolute Gasteiger partial charge is 0.489 e. The van der Waals surface area contributed by atoms with E-state index < -0.39 is 0 Å². The third-order valence-corrected chi connectivity index (χ3v) is 4.15. The summed E-state index contributed by atoms with van der Waals surface area (Å²) in [5.41, 5.74) is 3.58. The fourth-order valence-corrected chi connectivity index (χ4v) is 3.01. The maximum absolute atomic E-state index is 12.9. The van der Waals surface area contributed by atoms with Gasteiger partial charge in [0.05, 0.1) is 5.56 Å². The fourth-order valence-electron chi connectivity index (χ4n) is 3.01. The lowest BCUT2D eigenvalue weighted by Crippen LogP contribution is -2.43. The number of anilines is 1. The van der Waals surface area contributed by atoms with Crippen LogP contribution in [-0.4, -0.2) is 24.0 Å². The van der Waals surface area contributed by atoms with Gasteiger partial charge in [0.2, 0.25) is 0 Å². The predicted octanol–water partition coefficient (Wildman–Crippen LogP) is 4.62. The second-order valence-corrected chi connectivity index (χ2v) is 6.41. The van der Waals surface area contributed by atoms with Crippen LogP contribution in [0.15, 0.2) is 60.7 Å². The van der Waals surface area contributed by atoms with Crippen LogP contribution < -0.4 is 10.1 Å². The summed E-state index contributed by atoms with van der Waals surface area (Å²) in [5, 5.41) is 3.50. The summed E-state index contributed by atoms with van der Waals surface area (Å²) in [5.74, 6) is 0.847. The molecule has 1 heterocycles. The number of carbonyl (C=O) groups is 1. The zero-order chi connectivity index (χ0) is 17.8.